The molecule has 10 nitrogen and oxygen atoms in total. The maximum atomic E-state index is 13.9. The van der Waals surface area contributed by atoms with Crippen LogP contribution < -0.4 is 4.90 Å². The van der Waals surface area contributed by atoms with Crippen LogP contribution in [0.15, 0.2) is 79.1 Å². The van der Waals surface area contributed by atoms with Crippen molar-refractivity contribution < 1.29 is 17.9 Å². The summed E-state index contributed by atoms with van der Waals surface area (Å²) in [4.78, 5) is 30.0. The predicted molar refractivity (Wildman–Crippen MR) is 194 cm³/mol. The summed E-state index contributed by atoms with van der Waals surface area (Å²) in [6.45, 7) is 8.21. The van der Waals surface area contributed by atoms with Gasteiger partial charge in [-0.1, -0.05) is 42.5 Å². The third kappa shape index (κ3) is 5.30. The predicted octanol–water partition coefficient (Wildman–Crippen LogP) is 4.99. The molecule has 0 bridgehead atoms. The zero-order valence-electron chi connectivity index (χ0n) is 28.4. The Hall–Kier alpha value is -4.58. The molecule has 9 rings (SSSR count). The van der Waals surface area contributed by atoms with E-state index in [-0.39, 0.29) is 22.7 Å². The molecule has 50 heavy (non-hydrogen) atoms. The minimum Gasteiger partial charge on any atom is -0.380 e. The van der Waals surface area contributed by atoms with Gasteiger partial charge in [0.05, 0.1) is 36.3 Å². The zero-order chi connectivity index (χ0) is 34.2. The minimum atomic E-state index is -3.84. The second-order valence-electron chi connectivity index (χ2n) is 14.7. The van der Waals surface area contributed by atoms with Gasteiger partial charge >= 0.3 is 0 Å². The van der Waals surface area contributed by atoms with E-state index in [1.807, 2.05) is 59.5 Å². The second kappa shape index (κ2) is 11.8. The van der Waals surface area contributed by atoms with Gasteiger partial charge in [0, 0.05) is 67.3 Å². The van der Waals surface area contributed by atoms with Crippen molar-refractivity contribution in [1.29, 1.82) is 0 Å². The summed E-state index contributed by atoms with van der Waals surface area (Å²) in [5.74, 6) is -0.178. The molecule has 0 saturated carbocycles. The fourth-order valence-electron chi connectivity index (χ4n) is 8.31. The molecule has 5 aromatic rings. The van der Waals surface area contributed by atoms with Gasteiger partial charge in [-0.2, -0.15) is 0 Å². The molecule has 0 aliphatic carbocycles. The van der Waals surface area contributed by atoms with Crippen molar-refractivity contribution in [3.63, 3.8) is 0 Å². The van der Waals surface area contributed by atoms with Gasteiger partial charge in [-0.25, -0.2) is 22.4 Å². The Labute approximate surface area is 292 Å². The summed E-state index contributed by atoms with van der Waals surface area (Å²) in [6.07, 6.45) is 5.44. The van der Waals surface area contributed by atoms with E-state index in [0.717, 1.165) is 69.9 Å². The van der Waals surface area contributed by atoms with Crippen LogP contribution in [0.5, 0.6) is 0 Å². The van der Waals surface area contributed by atoms with Crippen LogP contribution in [-0.4, -0.2) is 97.1 Å². The molecule has 2 aromatic heterocycles. The van der Waals surface area contributed by atoms with E-state index < -0.39 is 10.0 Å². The van der Waals surface area contributed by atoms with Crippen LogP contribution in [0.4, 0.5) is 5.69 Å². The lowest BCUT2D eigenvalue weighted by atomic mass is 9.78. The number of rotatable bonds is 6. The largest absolute Gasteiger partial charge is 0.380 e. The Balaban J connectivity index is 1.10. The van der Waals surface area contributed by atoms with Crippen molar-refractivity contribution in [2.24, 2.45) is 5.41 Å². The molecule has 3 aromatic carbocycles. The fraction of sp³-hybridized carbons (Fsp3) is 0.359. The first-order chi connectivity index (χ1) is 24.2. The van der Waals surface area contributed by atoms with E-state index in [4.69, 9.17) is 14.7 Å². The van der Waals surface area contributed by atoms with Crippen molar-refractivity contribution in [2.45, 2.75) is 31.6 Å². The number of nitrogens with zero attached hydrogens (tertiary/aromatic N) is 6. The van der Waals surface area contributed by atoms with E-state index in [0.29, 0.717) is 33.9 Å². The van der Waals surface area contributed by atoms with Crippen molar-refractivity contribution in [3.05, 3.63) is 101 Å². The van der Waals surface area contributed by atoms with Gasteiger partial charge in [-0.15, -0.1) is 0 Å². The molecule has 3 saturated heterocycles. The monoisotopic (exact) mass is 688 g/mol. The first kappa shape index (κ1) is 31.4. The standard InChI is InChI=1S/C39H40N6O4S/c1-26-16-31(17-30-12-13-32-19-42(2)14-15-44(32)36(26)30)34-18-40-37-35(41-34)33(20-45(37)50(47,48)21-27-6-4-3-5-7-27)28-8-10-29(11-9-28)38(46)43-22-39(23-43)24-49-25-39/h3-11,16-18,20,32H,12-15,19,21-25H2,1-2H3. The van der Waals surface area contributed by atoms with Gasteiger partial charge < -0.3 is 19.4 Å². The lowest BCUT2D eigenvalue weighted by Crippen LogP contribution is -2.67. The van der Waals surface area contributed by atoms with Gasteiger partial charge in [0.15, 0.2) is 5.65 Å². The second-order valence-corrected chi connectivity index (χ2v) is 16.5. The van der Waals surface area contributed by atoms with Crippen LogP contribution >= 0.6 is 0 Å². The molecule has 1 atom stereocenters. The number of likely N-dealkylation sites (tertiary alicyclic amines) is 1. The Kier molecular flexibility index (Phi) is 7.38. The minimum absolute atomic E-state index is 0.00491. The molecule has 0 radical (unpaired) electrons. The summed E-state index contributed by atoms with van der Waals surface area (Å²) in [6, 6.07) is 21.5. The molecule has 4 aliphatic rings. The molecule has 11 heteroatoms. The number of benzene rings is 3. The number of aryl methyl sites for hydroxylation is 2. The van der Waals surface area contributed by atoms with E-state index in [1.165, 1.54) is 20.8 Å². The summed E-state index contributed by atoms with van der Waals surface area (Å²) in [7, 11) is -1.64. The lowest BCUT2D eigenvalue weighted by Gasteiger charge is -2.54. The van der Waals surface area contributed by atoms with Crippen molar-refractivity contribution >= 4 is 32.8 Å². The van der Waals surface area contributed by atoms with Crippen LogP contribution in [0.1, 0.15) is 33.5 Å². The fourth-order valence-corrected chi connectivity index (χ4v) is 9.73. The summed E-state index contributed by atoms with van der Waals surface area (Å²) < 4.78 is 34.5. The Morgan fingerprint density at radius 2 is 1.78 bits per heavy atom. The number of ether oxygens (including phenoxy) is 1. The average molecular weight is 689 g/mol. The number of fused-ring (bicyclic) bond motifs is 4. The van der Waals surface area contributed by atoms with Crippen LogP contribution in [-0.2, 0) is 26.9 Å². The SMILES string of the molecule is Cc1cc(-c2cnc3c(n2)c(-c2ccc(C(=O)N4CC5(COC5)C4)cc2)cn3S(=O)(=O)Cc2ccccc2)cc2c1N1CCN(C)CC1CC2. The zero-order valence-corrected chi connectivity index (χ0v) is 29.2. The third-order valence-corrected chi connectivity index (χ3v) is 12.5. The van der Waals surface area contributed by atoms with Gasteiger partial charge in [-0.3, -0.25) is 4.79 Å². The number of aromatic nitrogens is 3. The molecule has 4 aliphatic heterocycles. The topological polar surface area (TPSA) is 101 Å². The first-order valence-electron chi connectivity index (χ1n) is 17.4. The Bertz CT molecular complexity index is 2240. The van der Waals surface area contributed by atoms with Gasteiger partial charge in [0.1, 0.15) is 5.52 Å². The van der Waals surface area contributed by atoms with E-state index in [2.05, 4.69) is 35.9 Å². The van der Waals surface area contributed by atoms with E-state index in [1.54, 1.807) is 12.4 Å². The highest BCUT2D eigenvalue weighted by molar-refractivity contribution is 7.89. The number of anilines is 1. The highest BCUT2D eigenvalue weighted by Gasteiger charge is 2.50. The Morgan fingerprint density at radius 3 is 2.52 bits per heavy atom. The number of carbonyl (C=O) groups is 1. The summed E-state index contributed by atoms with van der Waals surface area (Å²) in [5.41, 5.74) is 9.18. The van der Waals surface area contributed by atoms with Gasteiger partial charge in [0.25, 0.3) is 5.91 Å². The smallest absolute Gasteiger partial charge is 0.253 e. The van der Waals surface area contributed by atoms with Gasteiger partial charge in [-0.05, 0) is 73.3 Å². The maximum Gasteiger partial charge on any atom is 0.253 e. The average Bonchev–Trinajstić information content (AvgIpc) is 3.47. The Morgan fingerprint density at radius 1 is 1.00 bits per heavy atom. The highest BCUT2D eigenvalue weighted by atomic mass is 32.2. The highest BCUT2D eigenvalue weighted by Crippen LogP contribution is 2.40. The molecule has 0 N–H and O–H groups in total. The number of piperazine rings is 1. The number of hydrogen-bond acceptors (Lipinski definition) is 8. The van der Waals surface area contributed by atoms with Crippen LogP contribution in [0.2, 0.25) is 0 Å². The third-order valence-electron chi connectivity index (χ3n) is 10.9. The quantitative estimate of drug-likeness (QED) is 0.246. The number of likely N-dealkylation sites (N-methyl/N-ethyl adjacent to an activating group) is 1. The molecule has 1 amide bonds. The maximum absolute atomic E-state index is 13.9. The molecule has 256 valence electrons. The number of hydrogen-bond donors (Lipinski definition) is 0. The first-order valence-corrected chi connectivity index (χ1v) is 19.0. The van der Waals surface area contributed by atoms with Crippen molar-refractivity contribution in [3.8, 4) is 22.4 Å². The summed E-state index contributed by atoms with van der Waals surface area (Å²) in [5, 5.41) is 0. The van der Waals surface area contributed by atoms with Crippen molar-refractivity contribution in [2.75, 3.05) is 57.9 Å². The van der Waals surface area contributed by atoms with E-state index >= 15 is 0 Å². The van der Waals surface area contributed by atoms with E-state index in [9.17, 15) is 13.2 Å². The van der Waals surface area contributed by atoms with Gasteiger partial charge in [0.2, 0.25) is 10.0 Å². The van der Waals surface area contributed by atoms with Crippen LogP contribution in [0.3, 0.4) is 0 Å². The van der Waals surface area contributed by atoms with Crippen LogP contribution in [0.25, 0.3) is 33.5 Å². The van der Waals surface area contributed by atoms with Crippen LogP contribution in [0, 0.1) is 12.3 Å². The molecule has 1 spiro atoms. The normalized spacial score (nSPS) is 19.9. The number of carbonyl (C=O) groups excluding carboxylic acids is 1. The number of amides is 1. The molecular weight excluding hydrogens is 649 g/mol. The molecule has 6 heterocycles. The molecular formula is C39H40N6O4S. The van der Waals surface area contributed by atoms with Crippen molar-refractivity contribution in [1.82, 2.24) is 23.7 Å². The summed E-state index contributed by atoms with van der Waals surface area (Å²) >= 11 is 0. The molecule has 3 fully saturated rings. The lowest BCUT2D eigenvalue weighted by molar-refractivity contribution is -0.176. The molecule has 1 unspecified atom stereocenters.